The second-order valence-electron chi connectivity index (χ2n) is 7.45. The Bertz CT molecular complexity index is 1090. The molecule has 1 amide bonds. The van der Waals surface area contributed by atoms with Crippen molar-refractivity contribution in [2.24, 2.45) is 11.0 Å². The summed E-state index contributed by atoms with van der Waals surface area (Å²) in [6.45, 7) is 4.50. The summed E-state index contributed by atoms with van der Waals surface area (Å²) in [5.74, 6) is 0.412. The summed E-state index contributed by atoms with van der Waals surface area (Å²) in [4.78, 5) is 15.1. The lowest BCUT2D eigenvalue weighted by atomic mass is 9.99. The van der Waals surface area contributed by atoms with E-state index in [2.05, 4.69) is 47.6 Å². The summed E-state index contributed by atoms with van der Waals surface area (Å²) >= 11 is 6.11. The smallest absolute Gasteiger partial charge is 0.293 e. The summed E-state index contributed by atoms with van der Waals surface area (Å²) in [5, 5.41) is 20.0. The molecule has 1 aliphatic heterocycles. The molecule has 1 aliphatic rings. The lowest BCUT2D eigenvalue weighted by molar-refractivity contribution is 0.0947. The van der Waals surface area contributed by atoms with Gasteiger partial charge in [0.15, 0.2) is 5.69 Å². The molecule has 1 saturated heterocycles. The highest BCUT2D eigenvalue weighted by atomic mass is 35.5. The molecule has 3 aromatic rings. The third-order valence-corrected chi connectivity index (χ3v) is 5.54. The molecular weight excluding hydrogens is 422 g/mol. The number of anilines is 1. The standard InChI is InChI=1S/C19H22ClN9O2/c1-12-6-8-28(9-7-12)11-15-16(23-27-29(15)18-17(21)25-31-26-18)19(30)24-22-10-13-4-2-3-5-14(13)20/h2-5,10,12H,6-9,11H2,1H3,(H2,21,25)(H,24,30). The van der Waals surface area contributed by atoms with Crippen LogP contribution in [0.5, 0.6) is 0 Å². The van der Waals surface area contributed by atoms with Gasteiger partial charge in [0.25, 0.3) is 5.91 Å². The highest BCUT2D eigenvalue weighted by molar-refractivity contribution is 6.33. The third-order valence-electron chi connectivity index (χ3n) is 5.20. The summed E-state index contributed by atoms with van der Waals surface area (Å²) in [6.07, 6.45) is 3.63. The van der Waals surface area contributed by atoms with Crippen molar-refractivity contribution in [1.29, 1.82) is 0 Å². The number of halogens is 1. The molecule has 12 heteroatoms. The number of piperidine rings is 1. The fourth-order valence-electron chi connectivity index (χ4n) is 3.35. The lowest BCUT2D eigenvalue weighted by Gasteiger charge is -2.30. The first kappa shape index (κ1) is 20.9. The van der Waals surface area contributed by atoms with E-state index < -0.39 is 5.91 Å². The fraction of sp³-hybridized carbons (Fsp3) is 0.368. The van der Waals surface area contributed by atoms with E-state index in [0.29, 0.717) is 28.7 Å². The first-order valence-electron chi connectivity index (χ1n) is 9.86. The number of carbonyl (C=O) groups is 1. The average Bonchev–Trinajstić information content (AvgIpc) is 3.36. The van der Waals surface area contributed by atoms with Gasteiger partial charge in [-0.15, -0.1) is 5.10 Å². The van der Waals surface area contributed by atoms with E-state index in [1.54, 1.807) is 12.1 Å². The van der Waals surface area contributed by atoms with E-state index in [1.807, 2.05) is 12.1 Å². The molecule has 0 atom stereocenters. The number of aromatic nitrogens is 5. The number of benzene rings is 1. The van der Waals surface area contributed by atoms with Crippen molar-refractivity contribution in [1.82, 2.24) is 35.6 Å². The van der Waals surface area contributed by atoms with Crippen LogP contribution in [-0.2, 0) is 6.54 Å². The van der Waals surface area contributed by atoms with Crippen molar-refractivity contribution in [3.8, 4) is 5.82 Å². The van der Waals surface area contributed by atoms with Gasteiger partial charge in [-0.25, -0.2) is 10.1 Å². The summed E-state index contributed by atoms with van der Waals surface area (Å²) in [5.41, 5.74) is 9.64. The van der Waals surface area contributed by atoms with Crippen molar-refractivity contribution in [3.05, 3.63) is 46.2 Å². The van der Waals surface area contributed by atoms with Gasteiger partial charge in [-0.3, -0.25) is 9.69 Å². The number of nitrogens with zero attached hydrogens (tertiary/aromatic N) is 7. The molecule has 1 fully saturated rings. The topological polar surface area (TPSA) is 140 Å². The third kappa shape index (κ3) is 4.72. The zero-order chi connectivity index (χ0) is 21.8. The van der Waals surface area contributed by atoms with Crippen LogP contribution >= 0.6 is 11.6 Å². The quantitative estimate of drug-likeness (QED) is 0.434. The second kappa shape index (κ2) is 9.23. The van der Waals surface area contributed by atoms with Crippen molar-refractivity contribution in [2.75, 3.05) is 18.8 Å². The van der Waals surface area contributed by atoms with Gasteiger partial charge in [0.2, 0.25) is 11.6 Å². The average molecular weight is 444 g/mol. The minimum atomic E-state index is -0.509. The molecule has 0 saturated carbocycles. The molecule has 0 unspecified atom stereocenters. The zero-order valence-corrected chi connectivity index (χ0v) is 17.7. The minimum Gasteiger partial charge on any atom is -0.378 e. The van der Waals surface area contributed by atoms with E-state index in [1.165, 1.54) is 10.9 Å². The number of hydrazone groups is 1. The fourth-order valence-corrected chi connectivity index (χ4v) is 3.54. The molecule has 11 nitrogen and oxygen atoms in total. The zero-order valence-electron chi connectivity index (χ0n) is 16.9. The predicted octanol–water partition coefficient (Wildman–Crippen LogP) is 1.88. The van der Waals surface area contributed by atoms with Gasteiger partial charge in [0.05, 0.1) is 11.9 Å². The van der Waals surface area contributed by atoms with Crippen molar-refractivity contribution < 1.29 is 9.42 Å². The van der Waals surface area contributed by atoms with E-state index >= 15 is 0 Å². The van der Waals surface area contributed by atoms with Crippen LogP contribution in [0.2, 0.25) is 5.02 Å². The molecule has 31 heavy (non-hydrogen) atoms. The number of carbonyl (C=O) groups excluding carboxylic acids is 1. The van der Waals surface area contributed by atoms with E-state index in [9.17, 15) is 4.79 Å². The number of rotatable bonds is 6. The maximum atomic E-state index is 12.8. The molecule has 0 radical (unpaired) electrons. The van der Waals surface area contributed by atoms with Crippen LogP contribution in [0.1, 0.15) is 41.5 Å². The maximum absolute atomic E-state index is 12.8. The monoisotopic (exact) mass is 443 g/mol. The predicted molar refractivity (Wildman–Crippen MR) is 114 cm³/mol. The number of likely N-dealkylation sites (tertiary alicyclic amines) is 1. The van der Waals surface area contributed by atoms with Gasteiger partial charge in [-0.1, -0.05) is 41.9 Å². The molecular formula is C19H22ClN9O2. The van der Waals surface area contributed by atoms with Crippen LogP contribution in [-0.4, -0.2) is 55.4 Å². The number of nitrogens with two attached hydrogens (primary N) is 1. The number of hydrogen-bond acceptors (Lipinski definition) is 9. The van der Waals surface area contributed by atoms with Gasteiger partial charge in [0, 0.05) is 17.1 Å². The largest absolute Gasteiger partial charge is 0.378 e. The number of nitrogens with one attached hydrogen (secondary N) is 1. The van der Waals surface area contributed by atoms with Gasteiger partial charge in [-0.2, -0.15) is 9.78 Å². The molecule has 4 rings (SSSR count). The maximum Gasteiger partial charge on any atom is 0.293 e. The normalized spacial score (nSPS) is 15.5. The minimum absolute atomic E-state index is 0.0575. The Morgan fingerprint density at radius 2 is 2.13 bits per heavy atom. The Morgan fingerprint density at radius 3 is 2.84 bits per heavy atom. The number of nitrogen functional groups attached to an aromatic ring is 1. The van der Waals surface area contributed by atoms with Crippen LogP contribution in [0.15, 0.2) is 34.0 Å². The van der Waals surface area contributed by atoms with E-state index in [-0.39, 0.29) is 17.3 Å². The number of amides is 1. The molecule has 162 valence electrons. The molecule has 0 aliphatic carbocycles. The van der Waals surface area contributed by atoms with Gasteiger partial charge in [-0.05, 0) is 48.2 Å². The highest BCUT2D eigenvalue weighted by Gasteiger charge is 2.26. The van der Waals surface area contributed by atoms with E-state index in [4.69, 9.17) is 17.3 Å². The molecule has 0 spiro atoms. The first-order chi connectivity index (χ1) is 15.0. The summed E-state index contributed by atoms with van der Waals surface area (Å²) in [7, 11) is 0. The van der Waals surface area contributed by atoms with Crippen molar-refractivity contribution >= 4 is 29.5 Å². The van der Waals surface area contributed by atoms with Crippen LogP contribution in [0.25, 0.3) is 5.82 Å². The Hall–Kier alpha value is -3.31. The molecule has 3 N–H and O–H groups in total. The molecule has 1 aromatic carbocycles. The SMILES string of the molecule is CC1CCN(Cc2c(C(=O)NN=Cc3ccccc3Cl)nnn2-c2nonc2N)CC1. The van der Waals surface area contributed by atoms with Gasteiger partial charge >= 0.3 is 0 Å². The Kier molecular flexibility index (Phi) is 6.23. The van der Waals surface area contributed by atoms with Gasteiger partial charge < -0.3 is 5.73 Å². The molecule has 2 aromatic heterocycles. The Morgan fingerprint density at radius 1 is 1.35 bits per heavy atom. The number of hydrogen-bond donors (Lipinski definition) is 2. The second-order valence-corrected chi connectivity index (χ2v) is 7.86. The van der Waals surface area contributed by atoms with Crippen LogP contribution in [0, 0.1) is 5.92 Å². The Labute approximate surface area is 183 Å². The van der Waals surface area contributed by atoms with Crippen LogP contribution in [0.4, 0.5) is 5.82 Å². The molecule has 3 heterocycles. The Balaban J connectivity index is 1.57. The summed E-state index contributed by atoms with van der Waals surface area (Å²) < 4.78 is 6.08. The lowest BCUT2D eigenvalue weighted by Crippen LogP contribution is -2.34. The molecule has 0 bridgehead atoms. The van der Waals surface area contributed by atoms with Crippen LogP contribution < -0.4 is 11.2 Å². The van der Waals surface area contributed by atoms with Crippen molar-refractivity contribution in [2.45, 2.75) is 26.3 Å². The van der Waals surface area contributed by atoms with E-state index in [0.717, 1.165) is 25.9 Å². The highest BCUT2D eigenvalue weighted by Crippen LogP contribution is 2.21. The summed E-state index contributed by atoms with van der Waals surface area (Å²) in [6, 6.07) is 7.17. The van der Waals surface area contributed by atoms with Crippen LogP contribution in [0.3, 0.4) is 0 Å². The van der Waals surface area contributed by atoms with Gasteiger partial charge in [0.1, 0.15) is 0 Å². The first-order valence-corrected chi connectivity index (χ1v) is 10.2. The van der Waals surface area contributed by atoms with Crippen molar-refractivity contribution in [3.63, 3.8) is 0 Å².